The molecule has 1 saturated carbocycles. The second-order valence-corrected chi connectivity index (χ2v) is 5.96. The molecule has 0 radical (unpaired) electrons. The third-order valence-electron chi connectivity index (χ3n) is 3.70. The summed E-state index contributed by atoms with van der Waals surface area (Å²) < 4.78 is 0. The van der Waals surface area contributed by atoms with Gasteiger partial charge in [-0.25, -0.2) is 0 Å². The average Bonchev–Trinajstić information content (AvgIpc) is 2.23. The molecule has 2 unspecified atom stereocenters. The number of hydrogen-bond donors (Lipinski definition) is 0. The van der Waals surface area contributed by atoms with Crippen LogP contribution in [0.15, 0.2) is 0 Å². The van der Waals surface area contributed by atoms with Gasteiger partial charge in [-0.15, -0.1) is 0 Å². The molecule has 0 amide bonds. The lowest BCUT2D eigenvalue weighted by atomic mass is 9.81. The van der Waals surface area contributed by atoms with Crippen molar-refractivity contribution in [2.24, 2.45) is 11.8 Å². The Labute approximate surface area is 106 Å². The van der Waals surface area contributed by atoms with Gasteiger partial charge in [0.1, 0.15) is 5.78 Å². The highest BCUT2D eigenvalue weighted by atomic mass is 16.1. The smallest absolute Gasteiger partial charge is 0.137 e. The molecule has 1 aliphatic carbocycles. The van der Waals surface area contributed by atoms with E-state index in [9.17, 15) is 4.79 Å². The van der Waals surface area contributed by atoms with Crippen LogP contribution in [0.3, 0.4) is 0 Å². The van der Waals surface area contributed by atoms with Crippen LogP contribution in [0.5, 0.6) is 0 Å². The highest BCUT2D eigenvalue weighted by Crippen LogP contribution is 2.26. The van der Waals surface area contributed by atoms with Crippen LogP contribution in [0.1, 0.15) is 32.6 Å². The van der Waals surface area contributed by atoms with E-state index in [0.29, 0.717) is 11.7 Å². The lowest BCUT2D eigenvalue weighted by molar-refractivity contribution is -0.126. The molecule has 0 aromatic heterocycles. The molecular weight excluding hydrogens is 212 g/mol. The molecule has 0 aromatic rings. The number of Topliss-reactive ketones (excluding diaryl/α,β-unsaturated/α-hetero) is 1. The first kappa shape index (κ1) is 14.7. The van der Waals surface area contributed by atoms with Gasteiger partial charge in [0.25, 0.3) is 0 Å². The van der Waals surface area contributed by atoms with E-state index in [1.807, 2.05) is 0 Å². The van der Waals surface area contributed by atoms with Crippen LogP contribution < -0.4 is 0 Å². The molecule has 1 aliphatic rings. The second kappa shape index (κ2) is 7.12. The quantitative estimate of drug-likeness (QED) is 0.708. The standard InChI is InChI=1S/C14H28N2O/c1-12-6-7-14(17)13(10-12)11-16(4)9-5-8-15(2)3/h12-13H,5-11H2,1-4H3. The lowest BCUT2D eigenvalue weighted by Crippen LogP contribution is -2.35. The van der Waals surface area contributed by atoms with Crippen molar-refractivity contribution < 1.29 is 4.79 Å². The minimum absolute atomic E-state index is 0.295. The number of hydrogen-bond acceptors (Lipinski definition) is 3. The lowest BCUT2D eigenvalue weighted by Gasteiger charge is -2.29. The molecule has 3 nitrogen and oxygen atoms in total. The van der Waals surface area contributed by atoms with Crippen molar-refractivity contribution in [2.45, 2.75) is 32.6 Å². The Kier molecular flexibility index (Phi) is 6.14. The number of carbonyl (C=O) groups excluding carboxylic acids is 1. The van der Waals surface area contributed by atoms with Gasteiger partial charge in [-0.05, 0) is 59.4 Å². The summed E-state index contributed by atoms with van der Waals surface area (Å²) in [5.74, 6) is 1.51. The molecule has 1 fully saturated rings. The van der Waals surface area contributed by atoms with Crippen LogP contribution in [0, 0.1) is 11.8 Å². The first-order valence-electron chi connectivity index (χ1n) is 6.85. The minimum atomic E-state index is 0.295. The van der Waals surface area contributed by atoms with Crippen LogP contribution in [-0.4, -0.2) is 56.4 Å². The number of nitrogens with zero attached hydrogens (tertiary/aromatic N) is 2. The molecule has 17 heavy (non-hydrogen) atoms. The van der Waals surface area contributed by atoms with E-state index in [1.54, 1.807) is 0 Å². The van der Waals surface area contributed by atoms with E-state index in [0.717, 1.165) is 44.8 Å². The fourth-order valence-corrected chi connectivity index (χ4v) is 2.63. The zero-order valence-corrected chi connectivity index (χ0v) is 11.9. The maximum absolute atomic E-state index is 11.8. The van der Waals surface area contributed by atoms with E-state index in [-0.39, 0.29) is 0 Å². The largest absolute Gasteiger partial charge is 0.309 e. The van der Waals surface area contributed by atoms with Gasteiger partial charge in [0.05, 0.1) is 0 Å². The van der Waals surface area contributed by atoms with Gasteiger partial charge in [-0.3, -0.25) is 4.79 Å². The zero-order chi connectivity index (χ0) is 12.8. The molecule has 0 spiro atoms. The molecule has 0 N–H and O–H groups in total. The Morgan fingerprint density at radius 1 is 1.24 bits per heavy atom. The topological polar surface area (TPSA) is 23.6 Å². The summed E-state index contributed by atoms with van der Waals surface area (Å²) in [5.41, 5.74) is 0. The molecule has 0 saturated heterocycles. The molecule has 1 rings (SSSR count). The second-order valence-electron chi connectivity index (χ2n) is 5.96. The summed E-state index contributed by atoms with van der Waals surface area (Å²) in [6, 6.07) is 0. The summed E-state index contributed by atoms with van der Waals surface area (Å²) in [7, 11) is 6.35. The van der Waals surface area contributed by atoms with Crippen molar-refractivity contribution >= 4 is 5.78 Å². The Balaban J connectivity index is 2.24. The maximum Gasteiger partial charge on any atom is 0.137 e. The Morgan fingerprint density at radius 3 is 2.59 bits per heavy atom. The van der Waals surface area contributed by atoms with Gasteiger partial charge in [-0.2, -0.15) is 0 Å². The van der Waals surface area contributed by atoms with Crippen LogP contribution in [0.2, 0.25) is 0 Å². The van der Waals surface area contributed by atoms with Crippen LogP contribution in [0.25, 0.3) is 0 Å². The van der Waals surface area contributed by atoms with Gasteiger partial charge < -0.3 is 9.80 Å². The normalized spacial score (nSPS) is 25.9. The van der Waals surface area contributed by atoms with Crippen LogP contribution in [0.4, 0.5) is 0 Å². The van der Waals surface area contributed by atoms with E-state index >= 15 is 0 Å². The Morgan fingerprint density at radius 2 is 1.94 bits per heavy atom. The number of carbonyl (C=O) groups is 1. The van der Waals surface area contributed by atoms with Crippen LogP contribution in [-0.2, 0) is 4.79 Å². The molecule has 0 bridgehead atoms. The summed E-state index contributed by atoms with van der Waals surface area (Å²) >= 11 is 0. The van der Waals surface area contributed by atoms with E-state index in [2.05, 4.69) is 37.9 Å². The molecule has 0 heterocycles. The summed E-state index contributed by atoms with van der Waals surface area (Å²) in [4.78, 5) is 16.4. The van der Waals surface area contributed by atoms with Crippen molar-refractivity contribution in [3.8, 4) is 0 Å². The van der Waals surface area contributed by atoms with E-state index < -0.39 is 0 Å². The summed E-state index contributed by atoms with van der Waals surface area (Å²) in [6.07, 6.45) is 4.17. The van der Waals surface area contributed by atoms with Gasteiger partial charge in [0, 0.05) is 18.9 Å². The van der Waals surface area contributed by atoms with Crippen LogP contribution >= 0.6 is 0 Å². The summed E-state index contributed by atoms with van der Waals surface area (Å²) in [5, 5.41) is 0. The van der Waals surface area contributed by atoms with Crippen molar-refractivity contribution in [3.05, 3.63) is 0 Å². The minimum Gasteiger partial charge on any atom is -0.309 e. The first-order valence-corrected chi connectivity index (χ1v) is 6.85. The fourth-order valence-electron chi connectivity index (χ4n) is 2.63. The first-order chi connectivity index (χ1) is 7.99. The SMILES string of the molecule is CC1CCC(=O)C(CN(C)CCCN(C)C)C1. The van der Waals surface area contributed by atoms with Crippen molar-refractivity contribution in [3.63, 3.8) is 0 Å². The van der Waals surface area contributed by atoms with Gasteiger partial charge in [-0.1, -0.05) is 6.92 Å². The molecule has 100 valence electrons. The predicted octanol–water partition coefficient (Wildman–Crippen LogP) is 1.88. The molecule has 2 atom stereocenters. The molecule has 0 aliphatic heterocycles. The number of rotatable bonds is 6. The van der Waals surface area contributed by atoms with Crippen molar-refractivity contribution in [1.29, 1.82) is 0 Å². The highest BCUT2D eigenvalue weighted by molar-refractivity contribution is 5.81. The van der Waals surface area contributed by atoms with Gasteiger partial charge in [0.15, 0.2) is 0 Å². The molecule has 3 heteroatoms. The van der Waals surface area contributed by atoms with Gasteiger partial charge >= 0.3 is 0 Å². The number of ketones is 1. The molecular formula is C14H28N2O. The fraction of sp³-hybridized carbons (Fsp3) is 0.929. The Bertz CT molecular complexity index is 240. The third kappa shape index (κ3) is 5.64. The van der Waals surface area contributed by atoms with E-state index in [4.69, 9.17) is 0 Å². The van der Waals surface area contributed by atoms with Crippen molar-refractivity contribution in [1.82, 2.24) is 9.80 Å². The maximum atomic E-state index is 11.8. The summed E-state index contributed by atoms with van der Waals surface area (Å²) in [6.45, 7) is 5.44. The Hall–Kier alpha value is -0.410. The third-order valence-corrected chi connectivity index (χ3v) is 3.70. The molecule has 0 aromatic carbocycles. The average molecular weight is 240 g/mol. The van der Waals surface area contributed by atoms with Crippen molar-refractivity contribution in [2.75, 3.05) is 40.8 Å². The van der Waals surface area contributed by atoms with Gasteiger partial charge in [0.2, 0.25) is 0 Å². The predicted molar refractivity (Wildman–Crippen MR) is 72.2 cm³/mol. The zero-order valence-electron chi connectivity index (χ0n) is 11.9. The monoisotopic (exact) mass is 240 g/mol. The highest BCUT2D eigenvalue weighted by Gasteiger charge is 2.26. The van der Waals surface area contributed by atoms with E-state index in [1.165, 1.54) is 6.42 Å².